The van der Waals surface area contributed by atoms with Crippen LogP contribution in [0.25, 0.3) is 0 Å². The standard InChI is InChI=1S/C8H15N5O2S/c1-5(2)13-7(15)11-12-8(13)16-4-3-6(14)10-9/h5H,3-4,9H2,1-2H3,(H,10,14)(H,11,15). The first kappa shape index (κ1) is 12.8. The maximum absolute atomic E-state index is 11.4. The Labute approximate surface area is 96.8 Å². The molecule has 0 saturated carbocycles. The molecular formula is C8H15N5O2S. The molecule has 16 heavy (non-hydrogen) atoms. The summed E-state index contributed by atoms with van der Waals surface area (Å²) in [6.07, 6.45) is 0.292. The number of nitrogens with one attached hydrogen (secondary N) is 2. The Kier molecular flexibility index (Phi) is 4.56. The van der Waals surface area contributed by atoms with Gasteiger partial charge in [0.05, 0.1) is 0 Å². The highest BCUT2D eigenvalue weighted by Crippen LogP contribution is 2.17. The van der Waals surface area contributed by atoms with Crippen LogP contribution in [0.5, 0.6) is 0 Å². The number of aromatic amines is 1. The van der Waals surface area contributed by atoms with Crippen molar-refractivity contribution in [2.75, 3.05) is 5.75 Å². The van der Waals surface area contributed by atoms with E-state index in [0.717, 1.165) is 0 Å². The average molecular weight is 245 g/mol. The molecule has 1 aromatic rings. The van der Waals surface area contributed by atoms with E-state index in [2.05, 4.69) is 10.2 Å². The van der Waals surface area contributed by atoms with Crippen LogP contribution in [0.15, 0.2) is 9.95 Å². The van der Waals surface area contributed by atoms with E-state index in [4.69, 9.17) is 5.84 Å². The molecule has 1 amide bonds. The summed E-state index contributed by atoms with van der Waals surface area (Å²) >= 11 is 1.34. The van der Waals surface area contributed by atoms with E-state index in [1.807, 2.05) is 19.3 Å². The Morgan fingerprint density at radius 3 is 2.94 bits per heavy atom. The third-order valence-corrected chi connectivity index (χ3v) is 2.86. The van der Waals surface area contributed by atoms with E-state index in [1.54, 1.807) is 4.57 Å². The fourth-order valence-electron chi connectivity index (χ4n) is 1.15. The first-order valence-corrected chi connectivity index (χ1v) is 5.84. The molecule has 1 rings (SSSR count). The first-order chi connectivity index (χ1) is 7.56. The lowest BCUT2D eigenvalue weighted by Gasteiger charge is -2.07. The van der Waals surface area contributed by atoms with Crippen LogP contribution in [0, 0.1) is 0 Å². The molecule has 1 aromatic heterocycles. The molecule has 0 atom stereocenters. The van der Waals surface area contributed by atoms with Gasteiger partial charge < -0.3 is 0 Å². The number of nitrogens with two attached hydrogens (primary N) is 1. The summed E-state index contributed by atoms with van der Waals surface area (Å²) in [5.41, 5.74) is 1.81. The number of nitrogens with zero attached hydrogens (tertiary/aromatic N) is 2. The summed E-state index contributed by atoms with van der Waals surface area (Å²) in [7, 11) is 0. The maximum Gasteiger partial charge on any atom is 0.344 e. The van der Waals surface area contributed by atoms with Crippen molar-refractivity contribution in [1.82, 2.24) is 20.2 Å². The highest BCUT2D eigenvalue weighted by atomic mass is 32.2. The molecular weight excluding hydrogens is 230 g/mol. The molecule has 1 heterocycles. The van der Waals surface area contributed by atoms with Gasteiger partial charge in [0.25, 0.3) is 0 Å². The summed E-state index contributed by atoms with van der Waals surface area (Å²) < 4.78 is 1.55. The second-order valence-electron chi connectivity index (χ2n) is 3.44. The van der Waals surface area contributed by atoms with Crippen LogP contribution in [0.2, 0.25) is 0 Å². The zero-order valence-electron chi connectivity index (χ0n) is 9.19. The number of carbonyl (C=O) groups is 1. The van der Waals surface area contributed by atoms with Crippen molar-refractivity contribution in [2.24, 2.45) is 5.84 Å². The number of thioether (sulfide) groups is 1. The predicted molar refractivity (Wildman–Crippen MR) is 60.9 cm³/mol. The Balaban J connectivity index is 2.61. The van der Waals surface area contributed by atoms with Crippen LogP contribution < -0.4 is 17.0 Å². The number of carbonyl (C=O) groups excluding carboxylic acids is 1. The Hall–Kier alpha value is -1.28. The number of H-pyrrole nitrogens is 1. The van der Waals surface area contributed by atoms with Crippen molar-refractivity contribution in [3.05, 3.63) is 10.5 Å². The van der Waals surface area contributed by atoms with Gasteiger partial charge in [-0.1, -0.05) is 11.8 Å². The lowest BCUT2D eigenvalue weighted by atomic mass is 10.4. The fourth-order valence-corrected chi connectivity index (χ4v) is 2.17. The SMILES string of the molecule is CC(C)n1c(SCCC(=O)NN)n[nH]c1=O. The number of amides is 1. The first-order valence-electron chi connectivity index (χ1n) is 4.85. The fraction of sp³-hybridized carbons (Fsp3) is 0.625. The highest BCUT2D eigenvalue weighted by Gasteiger charge is 2.11. The Morgan fingerprint density at radius 2 is 2.38 bits per heavy atom. The number of aromatic nitrogens is 3. The van der Waals surface area contributed by atoms with E-state index >= 15 is 0 Å². The molecule has 0 aliphatic heterocycles. The molecule has 0 spiro atoms. The van der Waals surface area contributed by atoms with Crippen molar-refractivity contribution in [1.29, 1.82) is 0 Å². The molecule has 0 aliphatic rings. The van der Waals surface area contributed by atoms with Gasteiger partial charge in [0.1, 0.15) is 0 Å². The minimum Gasteiger partial charge on any atom is -0.294 e. The van der Waals surface area contributed by atoms with Crippen LogP contribution in [0.1, 0.15) is 26.3 Å². The smallest absolute Gasteiger partial charge is 0.294 e. The van der Waals surface area contributed by atoms with Crippen molar-refractivity contribution in [3.8, 4) is 0 Å². The van der Waals surface area contributed by atoms with Gasteiger partial charge in [-0.15, -0.1) is 5.10 Å². The predicted octanol–water partition coefficient (Wildman–Crippen LogP) is -0.376. The monoisotopic (exact) mass is 245 g/mol. The van der Waals surface area contributed by atoms with Gasteiger partial charge >= 0.3 is 5.69 Å². The van der Waals surface area contributed by atoms with Crippen molar-refractivity contribution >= 4 is 17.7 Å². The van der Waals surface area contributed by atoms with Gasteiger partial charge in [0.2, 0.25) is 5.91 Å². The number of hydrogen-bond acceptors (Lipinski definition) is 5. The van der Waals surface area contributed by atoms with E-state index in [0.29, 0.717) is 17.3 Å². The molecule has 90 valence electrons. The zero-order valence-corrected chi connectivity index (χ0v) is 10.0. The van der Waals surface area contributed by atoms with E-state index in [9.17, 15) is 9.59 Å². The van der Waals surface area contributed by atoms with Crippen LogP contribution in [-0.4, -0.2) is 26.4 Å². The van der Waals surface area contributed by atoms with Gasteiger partial charge in [-0.05, 0) is 13.8 Å². The van der Waals surface area contributed by atoms with Gasteiger partial charge in [-0.2, -0.15) is 0 Å². The second-order valence-corrected chi connectivity index (χ2v) is 4.50. The topological polar surface area (TPSA) is 106 Å². The normalized spacial score (nSPS) is 10.8. The third-order valence-electron chi connectivity index (χ3n) is 1.91. The molecule has 4 N–H and O–H groups in total. The second kappa shape index (κ2) is 5.71. The molecule has 0 unspecified atom stereocenters. The largest absolute Gasteiger partial charge is 0.344 e. The minimum atomic E-state index is -0.235. The Morgan fingerprint density at radius 1 is 1.69 bits per heavy atom. The van der Waals surface area contributed by atoms with Crippen LogP contribution in [0.4, 0.5) is 0 Å². The van der Waals surface area contributed by atoms with Crippen LogP contribution >= 0.6 is 11.8 Å². The summed E-state index contributed by atoms with van der Waals surface area (Å²) in [5, 5.41) is 6.85. The molecule has 0 aliphatic carbocycles. The van der Waals surface area contributed by atoms with Crippen molar-refractivity contribution in [2.45, 2.75) is 31.5 Å². The molecule has 0 bridgehead atoms. The van der Waals surface area contributed by atoms with Crippen molar-refractivity contribution < 1.29 is 4.79 Å². The lowest BCUT2D eigenvalue weighted by Crippen LogP contribution is -2.30. The quantitative estimate of drug-likeness (QED) is 0.284. The zero-order chi connectivity index (χ0) is 12.1. The average Bonchev–Trinajstić information content (AvgIpc) is 2.59. The van der Waals surface area contributed by atoms with Crippen LogP contribution in [0.3, 0.4) is 0 Å². The van der Waals surface area contributed by atoms with E-state index in [-0.39, 0.29) is 17.6 Å². The number of hydrazine groups is 1. The van der Waals surface area contributed by atoms with Crippen LogP contribution in [-0.2, 0) is 4.79 Å². The number of hydrogen-bond donors (Lipinski definition) is 3. The minimum absolute atomic E-state index is 0.0390. The van der Waals surface area contributed by atoms with Gasteiger partial charge in [0.15, 0.2) is 5.16 Å². The van der Waals surface area contributed by atoms with E-state index in [1.165, 1.54) is 11.8 Å². The van der Waals surface area contributed by atoms with Crippen molar-refractivity contribution in [3.63, 3.8) is 0 Å². The lowest BCUT2D eigenvalue weighted by molar-refractivity contribution is -0.120. The summed E-state index contributed by atoms with van der Waals surface area (Å²) in [5.74, 6) is 5.24. The number of rotatable bonds is 5. The summed E-state index contributed by atoms with van der Waals surface area (Å²) in [6.45, 7) is 3.79. The molecule has 7 nitrogen and oxygen atoms in total. The van der Waals surface area contributed by atoms with E-state index < -0.39 is 0 Å². The molecule has 0 aromatic carbocycles. The molecule has 0 fully saturated rings. The maximum atomic E-state index is 11.4. The molecule has 0 radical (unpaired) electrons. The molecule has 0 saturated heterocycles. The van der Waals surface area contributed by atoms with Gasteiger partial charge in [0, 0.05) is 18.2 Å². The third kappa shape index (κ3) is 3.11. The summed E-state index contributed by atoms with van der Waals surface area (Å²) in [4.78, 5) is 22.2. The Bertz CT molecular complexity index is 411. The highest BCUT2D eigenvalue weighted by molar-refractivity contribution is 7.99. The van der Waals surface area contributed by atoms with Gasteiger partial charge in [-0.25, -0.2) is 15.7 Å². The molecule has 8 heteroatoms. The van der Waals surface area contributed by atoms with Gasteiger partial charge in [-0.3, -0.25) is 14.8 Å². The summed E-state index contributed by atoms with van der Waals surface area (Å²) in [6, 6.07) is 0.0390.